The second kappa shape index (κ2) is 5.44. The summed E-state index contributed by atoms with van der Waals surface area (Å²) in [6.45, 7) is 2.27. The summed E-state index contributed by atoms with van der Waals surface area (Å²) < 4.78 is 27.1. The molecule has 0 aromatic heterocycles. The summed E-state index contributed by atoms with van der Waals surface area (Å²) in [6.07, 6.45) is 6.09. The average Bonchev–Trinajstić information content (AvgIpc) is 2.81. The predicted molar refractivity (Wildman–Crippen MR) is 90.8 cm³/mol. The largest absolute Gasteiger partial charge is 0.393 e. The van der Waals surface area contributed by atoms with Crippen molar-refractivity contribution in [2.24, 2.45) is 22.4 Å². The zero-order valence-corrected chi connectivity index (χ0v) is 14.8. The molecule has 0 spiro atoms. The van der Waals surface area contributed by atoms with E-state index < -0.39 is 10.3 Å². The van der Waals surface area contributed by atoms with E-state index in [1.807, 2.05) is 12.1 Å². The van der Waals surface area contributed by atoms with Crippen LogP contribution in [0.25, 0.3) is 0 Å². The van der Waals surface area contributed by atoms with Gasteiger partial charge in [-0.05, 0) is 85.0 Å². The highest BCUT2D eigenvalue weighted by Crippen LogP contribution is 2.60. The fourth-order valence-corrected chi connectivity index (χ4v) is 6.09. The van der Waals surface area contributed by atoms with Crippen molar-refractivity contribution in [1.82, 2.24) is 0 Å². The van der Waals surface area contributed by atoms with Crippen LogP contribution in [0.2, 0.25) is 0 Å². The van der Waals surface area contributed by atoms with Crippen molar-refractivity contribution in [3.63, 3.8) is 0 Å². The van der Waals surface area contributed by atoms with Gasteiger partial charge in [0.1, 0.15) is 5.75 Å². The molecule has 0 radical (unpaired) electrons. The van der Waals surface area contributed by atoms with Crippen LogP contribution in [0.5, 0.6) is 5.75 Å². The van der Waals surface area contributed by atoms with E-state index in [2.05, 4.69) is 6.92 Å². The zero-order chi connectivity index (χ0) is 17.1. The Kier molecular flexibility index (Phi) is 3.71. The fraction of sp³-hybridized carbons (Fsp3) is 0.667. The molecule has 132 valence electrons. The van der Waals surface area contributed by atoms with E-state index in [0.717, 1.165) is 38.5 Å². The third-order valence-corrected chi connectivity index (χ3v) is 7.29. The highest BCUT2D eigenvalue weighted by Gasteiger charge is 2.54. The number of aryl methyl sites for hydroxylation is 1. The van der Waals surface area contributed by atoms with Crippen LogP contribution in [-0.2, 0) is 16.7 Å². The lowest BCUT2D eigenvalue weighted by atomic mass is 9.55. The molecule has 0 bridgehead atoms. The number of aliphatic hydroxyl groups is 1. The molecule has 5 atom stereocenters. The zero-order valence-electron chi connectivity index (χ0n) is 13.9. The van der Waals surface area contributed by atoms with Gasteiger partial charge < -0.3 is 9.29 Å². The summed E-state index contributed by atoms with van der Waals surface area (Å²) in [6, 6.07) is 5.55. The van der Waals surface area contributed by atoms with Crippen molar-refractivity contribution >= 4 is 10.3 Å². The van der Waals surface area contributed by atoms with E-state index in [4.69, 9.17) is 9.32 Å². The van der Waals surface area contributed by atoms with Crippen LogP contribution in [0.1, 0.15) is 56.1 Å². The van der Waals surface area contributed by atoms with Crippen LogP contribution >= 0.6 is 0 Å². The molecule has 4 rings (SSSR count). The van der Waals surface area contributed by atoms with E-state index in [0.29, 0.717) is 23.5 Å². The normalized spacial score (nSPS) is 38.1. The number of benzene rings is 1. The minimum absolute atomic E-state index is 0.0787. The molecular formula is C18H25NO4S. The Morgan fingerprint density at radius 2 is 2.04 bits per heavy atom. The highest BCUT2D eigenvalue weighted by atomic mass is 32.2. The summed E-state index contributed by atoms with van der Waals surface area (Å²) >= 11 is 0. The molecule has 1 aromatic carbocycles. The number of fused-ring (bicyclic) bond motifs is 5. The van der Waals surface area contributed by atoms with Gasteiger partial charge in [0.2, 0.25) is 0 Å². The van der Waals surface area contributed by atoms with Crippen LogP contribution in [0, 0.1) is 17.3 Å². The number of hydrogen-bond donors (Lipinski definition) is 2. The maximum absolute atomic E-state index is 11.1. The maximum Gasteiger partial charge on any atom is 0.380 e. The van der Waals surface area contributed by atoms with Crippen LogP contribution in [0.15, 0.2) is 18.2 Å². The Labute approximate surface area is 143 Å². The molecule has 3 N–H and O–H groups in total. The summed E-state index contributed by atoms with van der Waals surface area (Å²) in [5.74, 6) is 2.03. The molecule has 4 unspecified atom stereocenters. The van der Waals surface area contributed by atoms with Crippen molar-refractivity contribution < 1.29 is 17.7 Å². The minimum Gasteiger partial charge on any atom is -0.393 e. The lowest BCUT2D eigenvalue weighted by molar-refractivity contribution is -0.0226. The van der Waals surface area contributed by atoms with Gasteiger partial charge in [-0.3, -0.25) is 0 Å². The topological polar surface area (TPSA) is 89.6 Å². The van der Waals surface area contributed by atoms with Crippen molar-refractivity contribution in [2.45, 2.75) is 57.5 Å². The first-order valence-electron chi connectivity index (χ1n) is 8.81. The van der Waals surface area contributed by atoms with Crippen LogP contribution in [0.4, 0.5) is 0 Å². The van der Waals surface area contributed by atoms with Gasteiger partial charge in [-0.2, -0.15) is 13.6 Å². The number of hydrogen-bond acceptors (Lipinski definition) is 4. The molecule has 0 aliphatic heterocycles. The minimum atomic E-state index is -3.98. The lowest BCUT2D eigenvalue weighted by Gasteiger charge is -2.50. The molecule has 3 aliphatic rings. The molecule has 0 amide bonds. The molecular weight excluding hydrogens is 326 g/mol. The first kappa shape index (κ1) is 16.4. The second-order valence-corrected chi connectivity index (χ2v) is 9.14. The Morgan fingerprint density at radius 1 is 1.25 bits per heavy atom. The van der Waals surface area contributed by atoms with E-state index in [1.165, 1.54) is 11.1 Å². The molecule has 24 heavy (non-hydrogen) atoms. The third kappa shape index (κ3) is 2.55. The highest BCUT2D eigenvalue weighted by molar-refractivity contribution is 7.84. The van der Waals surface area contributed by atoms with Crippen molar-refractivity contribution in [3.05, 3.63) is 29.3 Å². The molecule has 3 aliphatic carbocycles. The third-order valence-electron chi connectivity index (χ3n) is 6.86. The first-order valence-corrected chi connectivity index (χ1v) is 10.3. The Morgan fingerprint density at radius 3 is 2.79 bits per heavy atom. The Hall–Kier alpha value is -1.11. The standard InChI is InChI=1S/C18H25NO4S/c1-18-9-8-14-13-5-3-12(23-24(19,21)22)10-11(13)2-4-15(14)16(18)6-7-17(18)20/h3,5,10,14-17,20H,2,4,6-9H2,1H3,(H2,19,21,22)/t14?,15?,16?,17-,18?/m0/s1. The summed E-state index contributed by atoms with van der Waals surface area (Å²) in [7, 11) is -3.98. The average molecular weight is 351 g/mol. The van der Waals surface area contributed by atoms with E-state index >= 15 is 0 Å². The van der Waals surface area contributed by atoms with E-state index in [9.17, 15) is 13.5 Å². The summed E-state index contributed by atoms with van der Waals surface area (Å²) in [5, 5.41) is 15.4. The SMILES string of the molecule is CC12CCC3c4ccc(OS(N)(=O)=O)cc4CCC3C1CC[C@@H]2O. The molecule has 2 saturated carbocycles. The number of rotatable bonds is 2. The first-order chi connectivity index (χ1) is 11.3. The second-order valence-electron chi connectivity index (χ2n) is 7.99. The predicted octanol–water partition coefficient (Wildman–Crippen LogP) is 2.49. The maximum atomic E-state index is 11.1. The van der Waals surface area contributed by atoms with Gasteiger partial charge in [0.05, 0.1) is 6.10 Å². The Balaban J connectivity index is 1.63. The monoisotopic (exact) mass is 351 g/mol. The van der Waals surface area contributed by atoms with Gasteiger partial charge in [-0.1, -0.05) is 13.0 Å². The van der Waals surface area contributed by atoms with Crippen molar-refractivity contribution in [3.8, 4) is 5.75 Å². The van der Waals surface area contributed by atoms with Gasteiger partial charge in [0, 0.05) is 0 Å². The molecule has 2 fully saturated rings. The van der Waals surface area contributed by atoms with Crippen LogP contribution in [-0.4, -0.2) is 19.6 Å². The summed E-state index contributed by atoms with van der Waals surface area (Å²) in [4.78, 5) is 0. The summed E-state index contributed by atoms with van der Waals surface area (Å²) in [5.41, 5.74) is 2.59. The van der Waals surface area contributed by atoms with Crippen LogP contribution in [0.3, 0.4) is 0 Å². The molecule has 5 nitrogen and oxygen atoms in total. The van der Waals surface area contributed by atoms with Gasteiger partial charge in [0.25, 0.3) is 0 Å². The lowest BCUT2D eigenvalue weighted by Crippen LogP contribution is -2.43. The van der Waals surface area contributed by atoms with Crippen LogP contribution < -0.4 is 9.32 Å². The van der Waals surface area contributed by atoms with E-state index in [1.54, 1.807) is 6.07 Å². The molecule has 0 heterocycles. The van der Waals surface area contributed by atoms with Gasteiger partial charge in [-0.25, -0.2) is 0 Å². The van der Waals surface area contributed by atoms with Gasteiger partial charge in [0.15, 0.2) is 0 Å². The fourth-order valence-electron chi connectivity index (χ4n) is 5.72. The van der Waals surface area contributed by atoms with E-state index in [-0.39, 0.29) is 11.5 Å². The Bertz CT molecular complexity index is 762. The number of aliphatic hydroxyl groups excluding tert-OH is 1. The number of nitrogens with two attached hydrogens (primary N) is 1. The molecule has 0 saturated heterocycles. The molecule has 6 heteroatoms. The quantitative estimate of drug-likeness (QED) is 0.856. The van der Waals surface area contributed by atoms with Crippen molar-refractivity contribution in [1.29, 1.82) is 0 Å². The van der Waals surface area contributed by atoms with Gasteiger partial charge >= 0.3 is 10.3 Å². The molecule has 1 aromatic rings. The smallest absolute Gasteiger partial charge is 0.380 e. The van der Waals surface area contributed by atoms with Crippen molar-refractivity contribution in [2.75, 3.05) is 0 Å². The van der Waals surface area contributed by atoms with Gasteiger partial charge in [-0.15, -0.1) is 0 Å².